The number of nitrogens with one attached hydrogen (secondary N) is 2. The summed E-state index contributed by atoms with van der Waals surface area (Å²) in [6, 6.07) is 7.98. The van der Waals surface area contributed by atoms with E-state index in [1.54, 1.807) is 18.9 Å². The van der Waals surface area contributed by atoms with Gasteiger partial charge in [0.2, 0.25) is 5.91 Å². The fourth-order valence-electron chi connectivity index (χ4n) is 4.25. The number of rotatable bonds is 18. The van der Waals surface area contributed by atoms with Gasteiger partial charge in [-0.1, -0.05) is 103 Å². The Balaban J connectivity index is 1.40. The molecule has 2 atom stereocenters. The van der Waals surface area contributed by atoms with Crippen molar-refractivity contribution in [1.29, 1.82) is 0 Å². The maximum atomic E-state index is 12.4. The van der Waals surface area contributed by atoms with Crippen LogP contribution in [0.4, 0.5) is 0 Å². The second kappa shape index (κ2) is 17.3. The fourth-order valence-corrected chi connectivity index (χ4v) is 5.49. The monoisotopic (exact) mass is 462 g/mol. The molecule has 2 rings (SSSR count). The van der Waals surface area contributed by atoms with E-state index in [1.807, 2.05) is 12.1 Å². The van der Waals surface area contributed by atoms with E-state index in [2.05, 4.69) is 29.7 Å². The van der Waals surface area contributed by atoms with Crippen LogP contribution in [0.5, 0.6) is 5.75 Å². The summed E-state index contributed by atoms with van der Waals surface area (Å²) < 4.78 is 5.22. The first-order chi connectivity index (χ1) is 15.7. The number of carbonyl (C=O) groups is 1. The standard InChI is InChI=1S/C27H46N2O2S/c1-3-4-5-6-7-8-9-10-11-12-13-14-15-16-21-28-26(30)25-22-32-27(29-25)23-17-19-24(31-2)20-18-23/h17-20,25,27,29H,3-16,21-22H2,1-2H3,(H,28,30)/t25-,27?/m0/s1. The highest BCUT2D eigenvalue weighted by Gasteiger charge is 2.30. The van der Waals surface area contributed by atoms with Gasteiger partial charge in [-0.05, 0) is 24.1 Å². The number of unbranched alkanes of at least 4 members (excludes halogenated alkanes) is 13. The van der Waals surface area contributed by atoms with Crippen LogP contribution in [0, 0.1) is 0 Å². The van der Waals surface area contributed by atoms with E-state index >= 15 is 0 Å². The Labute approximate surface area is 201 Å². The molecule has 1 aromatic carbocycles. The summed E-state index contributed by atoms with van der Waals surface area (Å²) >= 11 is 1.80. The number of hydrogen-bond acceptors (Lipinski definition) is 4. The minimum absolute atomic E-state index is 0.0984. The van der Waals surface area contributed by atoms with E-state index in [-0.39, 0.29) is 17.3 Å². The van der Waals surface area contributed by atoms with Crippen LogP contribution in [0.3, 0.4) is 0 Å². The van der Waals surface area contributed by atoms with Gasteiger partial charge in [-0.25, -0.2) is 0 Å². The Morgan fingerprint density at radius 1 is 0.906 bits per heavy atom. The number of hydrogen-bond donors (Lipinski definition) is 2. The molecule has 32 heavy (non-hydrogen) atoms. The zero-order valence-electron chi connectivity index (χ0n) is 20.5. The zero-order valence-corrected chi connectivity index (χ0v) is 21.3. The Morgan fingerprint density at radius 2 is 1.44 bits per heavy atom. The molecule has 5 heteroatoms. The van der Waals surface area contributed by atoms with Gasteiger partial charge in [-0.15, -0.1) is 11.8 Å². The highest BCUT2D eigenvalue weighted by molar-refractivity contribution is 7.99. The third kappa shape index (κ3) is 11.1. The molecule has 0 saturated carbocycles. The number of benzene rings is 1. The molecule has 1 heterocycles. The molecule has 2 N–H and O–H groups in total. The van der Waals surface area contributed by atoms with Crippen LogP contribution >= 0.6 is 11.8 Å². The summed E-state index contributed by atoms with van der Waals surface area (Å²) in [4.78, 5) is 12.4. The average Bonchev–Trinajstić information content (AvgIpc) is 3.32. The lowest BCUT2D eigenvalue weighted by molar-refractivity contribution is -0.122. The molecule has 1 unspecified atom stereocenters. The molecule has 0 aliphatic carbocycles. The number of amides is 1. The van der Waals surface area contributed by atoms with Crippen molar-refractivity contribution in [2.45, 2.75) is 108 Å². The highest BCUT2D eigenvalue weighted by Crippen LogP contribution is 2.33. The highest BCUT2D eigenvalue weighted by atomic mass is 32.2. The van der Waals surface area contributed by atoms with Crippen LogP contribution in [-0.4, -0.2) is 31.4 Å². The normalized spacial score (nSPS) is 18.1. The first-order valence-electron chi connectivity index (χ1n) is 13.0. The Kier molecular flexibility index (Phi) is 14.6. The Morgan fingerprint density at radius 3 is 1.97 bits per heavy atom. The van der Waals surface area contributed by atoms with E-state index in [1.165, 1.54) is 89.0 Å². The Bertz CT molecular complexity index is 608. The molecule has 1 amide bonds. The molecular formula is C27H46N2O2S. The minimum Gasteiger partial charge on any atom is -0.497 e. The van der Waals surface area contributed by atoms with E-state index in [0.717, 1.165) is 24.5 Å². The van der Waals surface area contributed by atoms with Crippen LogP contribution in [0.2, 0.25) is 0 Å². The second-order valence-electron chi connectivity index (χ2n) is 9.09. The van der Waals surface area contributed by atoms with Gasteiger partial charge in [0, 0.05) is 12.3 Å². The van der Waals surface area contributed by atoms with Crippen LogP contribution in [0.15, 0.2) is 24.3 Å². The largest absolute Gasteiger partial charge is 0.497 e. The molecule has 0 bridgehead atoms. The summed E-state index contributed by atoms with van der Waals surface area (Å²) in [5.41, 5.74) is 1.19. The number of carbonyl (C=O) groups excluding carboxylic acids is 1. The van der Waals surface area contributed by atoms with Crippen LogP contribution in [0.25, 0.3) is 0 Å². The summed E-state index contributed by atoms with van der Waals surface area (Å²) in [7, 11) is 1.68. The van der Waals surface area contributed by atoms with Gasteiger partial charge in [0.15, 0.2) is 0 Å². The molecule has 4 nitrogen and oxygen atoms in total. The molecule has 1 fully saturated rings. The molecule has 0 aromatic heterocycles. The van der Waals surface area contributed by atoms with Crippen molar-refractivity contribution in [2.75, 3.05) is 19.4 Å². The lowest BCUT2D eigenvalue weighted by Gasteiger charge is -2.14. The van der Waals surface area contributed by atoms with Gasteiger partial charge >= 0.3 is 0 Å². The van der Waals surface area contributed by atoms with E-state index in [0.29, 0.717) is 0 Å². The SMILES string of the molecule is CCCCCCCCCCCCCCCCNC(=O)[C@@H]1CSC(c2ccc(OC)cc2)N1. The lowest BCUT2D eigenvalue weighted by Crippen LogP contribution is -2.42. The Hall–Kier alpha value is -1.20. The molecule has 182 valence electrons. The van der Waals surface area contributed by atoms with Crippen molar-refractivity contribution in [1.82, 2.24) is 10.6 Å². The molecule has 0 spiro atoms. The van der Waals surface area contributed by atoms with Crippen LogP contribution in [0.1, 0.15) is 108 Å². The third-order valence-corrected chi connectivity index (χ3v) is 7.61. The van der Waals surface area contributed by atoms with Gasteiger partial charge in [-0.2, -0.15) is 0 Å². The predicted molar refractivity (Wildman–Crippen MR) is 138 cm³/mol. The first kappa shape index (κ1) is 27.0. The summed E-state index contributed by atoms with van der Waals surface area (Å²) in [5.74, 6) is 1.82. The van der Waals surface area contributed by atoms with Gasteiger partial charge in [-0.3, -0.25) is 10.1 Å². The minimum atomic E-state index is -0.0984. The van der Waals surface area contributed by atoms with Gasteiger partial charge in [0.05, 0.1) is 18.5 Å². The first-order valence-corrected chi connectivity index (χ1v) is 14.1. The van der Waals surface area contributed by atoms with Crippen molar-refractivity contribution in [3.63, 3.8) is 0 Å². The fraction of sp³-hybridized carbons (Fsp3) is 0.741. The van der Waals surface area contributed by atoms with Gasteiger partial charge < -0.3 is 10.1 Å². The quantitative estimate of drug-likeness (QED) is 0.231. The van der Waals surface area contributed by atoms with Crippen LogP contribution in [-0.2, 0) is 4.79 Å². The van der Waals surface area contributed by atoms with E-state index < -0.39 is 0 Å². The van der Waals surface area contributed by atoms with Crippen molar-refractivity contribution in [2.24, 2.45) is 0 Å². The van der Waals surface area contributed by atoms with Gasteiger partial charge in [0.1, 0.15) is 5.75 Å². The number of thioether (sulfide) groups is 1. The molecule has 1 saturated heterocycles. The molecule has 1 aromatic rings. The van der Waals surface area contributed by atoms with Crippen molar-refractivity contribution >= 4 is 17.7 Å². The molecule has 1 aliphatic rings. The second-order valence-corrected chi connectivity index (χ2v) is 10.2. The summed E-state index contributed by atoms with van der Waals surface area (Å²) in [6.45, 7) is 3.08. The van der Waals surface area contributed by atoms with Crippen molar-refractivity contribution in [3.05, 3.63) is 29.8 Å². The number of methoxy groups -OCH3 is 1. The lowest BCUT2D eigenvalue weighted by atomic mass is 10.0. The average molecular weight is 463 g/mol. The van der Waals surface area contributed by atoms with Gasteiger partial charge in [0.25, 0.3) is 0 Å². The van der Waals surface area contributed by atoms with Crippen molar-refractivity contribution < 1.29 is 9.53 Å². The summed E-state index contributed by atoms with van der Waals surface area (Å²) in [5, 5.41) is 6.76. The zero-order chi connectivity index (χ0) is 22.9. The van der Waals surface area contributed by atoms with Crippen LogP contribution < -0.4 is 15.4 Å². The summed E-state index contributed by atoms with van der Waals surface area (Å²) in [6.07, 6.45) is 19.0. The van der Waals surface area contributed by atoms with Crippen molar-refractivity contribution in [3.8, 4) is 5.75 Å². The third-order valence-electron chi connectivity index (χ3n) is 6.35. The molecular weight excluding hydrogens is 416 g/mol. The molecule has 1 aliphatic heterocycles. The molecule has 0 radical (unpaired) electrons. The number of ether oxygens (including phenoxy) is 1. The smallest absolute Gasteiger partial charge is 0.238 e. The topological polar surface area (TPSA) is 50.4 Å². The van der Waals surface area contributed by atoms with E-state index in [4.69, 9.17) is 4.74 Å². The maximum absolute atomic E-state index is 12.4. The maximum Gasteiger partial charge on any atom is 0.238 e. The predicted octanol–water partition coefficient (Wildman–Crippen LogP) is 7.00. The van der Waals surface area contributed by atoms with E-state index in [9.17, 15) is 4.79 Å².